The van der Waals surface area contributed by atoms with Crippen molar-refractivity contribution in [2.24, 2.45) is 0 Å². The lowest BCUT2D eigenvalue weighted by Crippen LogP contribution is -2.42. The first-order valence-corrected chi connectivity index (χ1v) is 8.06. The first kappa shape index (κ1) is 16.5. The summed E-state index contributed by atoms with van der Waals surface area (Å²) in [5.74, 6) is -0.645. The molecule has 1 aromatic rings. The van der Waals surface area contributed by atoms with Crippen LogP contribution in [0.3, 0.4) is 0 Å². The van der Waals surface area contributed by atoms with Gasteiger partial charge in [0.25, 0.3) is 5.91 Å². The van der Waals surface area contributed by atoms with Crippen LogP contribution in [-0.4, -0.2) is 24.0 Å². The van der Waals surface area contributed by atoms with Gasteiger partial charge in [-0.05, 0) is 45.2 Å². The van der Waals surface area contributed by atoms with Crippen molar-refractivity contribution in [1.29, 1.82) is 0 Å². The Morgan fingerprint density at radius 3 is 2.50 bits per heavy atom. The minimum absolute atomic E-state index is 0.204. The maximum absolute atomic E-state index is 12.2. The Labute approximate surface area is 132 Å². The number of carbonyl (C=O) groups is 2. The number of nitrogens with one attached hydrogen (secondary N) is 1. The van der Waals surface area contributed by atoms with E-state index < -0.39 is 12.1 Å². The van der Waals surface area contributed by atoms with Crippen LogP contribution in [-0.2, 0) is 9.53 Å². The summed E-state index contributed by atoms with van der Waals surface area (Å²) in [7, 11) is 0. The molecular formula is C18H25NO3. The summed E-state index contributed by atoms with van der Waals surface area (Å²) in [6, 6.07) is 5.78. The lowest BCUT2D eigenvalue weighted by molar-refractivity contribution is -0.130. The van der Waals surface area contributed by atoms with E-state index in [2.05, 4.69) is 5.32 Å². The molecule has 1 aliphatic rings. The van der Waals surface area contributed by atoms with E-state index >= 15 is 0 Å². The molecule has 0 saturated heterocycles. The van der Waals surface area contributed by atoms with Crippen LogP contribution in [0.4, 0.5) is 0 Å². The van der Waals surface area contributed by atoms with Crippen LogP contribution in [0.25, 0.3) is 0 Å². The summed E-state index contributed by atoms with van der Waals surface area (Å²) in [5, 5.41) is 2.98. The fraction of sp³-hybridized carbons (Fsp3) is 0.556. The highest BCUT2D eigenvalue weighted by atomic mass is 16.5. The fourth-order valence-corrected chi connectivity index (χ4v) is 2.89. The zero-order valence-corrected chi connectivity index (χ0v) is 13.6. The Hall–Kier alpha value is -1.84. The van der Waals surface area contributed by atoms with E-state index in [9.17, 15) is 9.59 Å². The van der Waals surface area contributed by atoms with E-state index in [0.29, 0.717) is 5.56 Å². The summed E-state index contributed by atoms with van der Waals surface area (Å²) in [5.41, 5.74) is 2.48. The van der Waals surface area contributed by atoms with Crippen molar-refractivity contribution >= 4 is 11.9 Å². The van der Waals surface area contributed by atoms with Crippen molar-refractivity contribution in [2.45, 2.75) is 65.0 Å². The normalized spacial score (nSPS) is 16.9. The highest BCUT2D eigenvalue weighted by Gasteiger charge is 2.23. The van der Waals surface area contributed by atoms with Gasteiger partial charge < -0.3 is 10.1 Å². The Morgan fingerprint density at radius 1 is 1.18 bits per heavy atom. The molecule has 0 radical (unpaired) electrons. The third-order valence-corrected chi connectivity index (χ3v) is 4.21. The molecule has 0 heterocycles. The number of benzene rings is 1. The Kier molecular flexibility index (Phi) is 5.58. The van der Waals surface area contributed by atoms with Crippen molar-refractivity contribution < 1.29 is 14.3 Å². The molecule has 0 aromatic heterocycles. The van der Waals surface area contributed by atoms with Crippen LogP contribution < -0.4 is 5.32 Å². The Bertz CT molecular complexity index is 547. The third kappa shape index (κ3) is 4.33. The summed E-state index contributed by atoms with van der Waals surface area (Å²) < 4.78 is 5.31. The van der Waals surface area contributed by atoms with E-state index in [1.807, 2.05) is 26.0 Å². The van der Waals surface area contributed by atoms with Gasteiger partial charge in [0.1, 0.15) is 0 Å². The molecule has 0 aliphatic heterocycles. The lowest BCUT2D eigenvalue weighted by Gasteiger charge is -2.24. The Balaban J connectivity index is 1.91. The minimum Gasteiger partial charge on any atom is -0.449 e. The molecular weight excluding hydrogens is 278 g/mol. The largest absolute Gasteiger partial charge is 0.449 e. The maximum Gasteiger partial charge on any atom is 0.339 e. The molecule has 4 heteroatoms. The van der Waals surface area contributed by atoms with Crippen molar-refractivity contribution in [1.82, 2.24) is 5.32 Å². The molecule has 1 atom stereocenters. The molecule has 1 fully saturated rings. The number of esters is 1. The molecule has 1 N–H and O–H groups in total. The van der Waals surface area contributed by atoms with Crippen molar-refractivity contribution in [2.75, 3.05) is 0 Å². The lowest BCUT2D eigenvalue weighted by atomic mass is 9.95. The number of ether oxygens (including phenoxy) is 1. The molecule has 2 rings (SSSR count). The van der Waals surface area contributed by atoms with E-state index in [4.69, 9.17) is 4.74 Å². The SMILES string of the molecule is Cc1ccc(C(=O)O[C@H](C)C(=O)NC2CCCCC2)c(C)c1. The third-order valence-electron chi connectivity index (χ3n) is 4.21. The average molecular weight is 303 g/mol. The Morgan fingerprint density at radius 2 is 1.86 bits per heavy atom. The monoisotopic (exact) mass is 303 g/mol. The molecule has 1 amide bonds. The highest BCUT2D eigenvalue weighted by molar-refractivity contribution is 5.93. The van der Waals surface area contributed by atoms with E-state index in [0.717, 1.165) is 36.8 Å². The predicted molar refractivity (Wildman–Crippen MR) is 85.8 cm³/mol. The van der Waals surface area contributed by atoms with Gasteiger partial charge in [-0.15, -0.1) is 0 Å². The summed E-state index contributed by atoms with van der Waals surface area (Å²) in [6.07, 6.45) is 4.81. The molecule has 1 aromatic carbocycles. The summed E-state index contributed by atoms with van der Waals surface area (Å²) in [4.78, 5) is 24.3. The van der Waals surface area contributed by atoms with Gasteiger partial charge >= 0.3 is 5.97 Å². The van der Waals surface area contributed by atoms with Gasteiger partial charge in [-0.2, -0.15) is 0 Å². The summed E-state index contributed by atoms with van der Waals surface area (Å²) in [6.45, 7) is 5.47. The molecule has 0 bridgehead atoms. The van der Waals surface area contributed by atoms with Gasteiger partial charge in [-0.25, -0.2) is 4.79 Å². The van der Waals surface area contributed by atoms with Crippen LogP contribution in [0.15, 0.2) is 18.2 Å². The van der Waals surface area contributed by atoms with Gasteiger partial charge in [-0.3, -0.25) is 4.79 Å². The zero-order chi connectivity index (χ0) is 16.1. The second kappa shape index (κ2) is 7.43. The summed E-state index contributed by atoms with van der Waals surface area (Å²) >= 11 is 0. The van der Waals surface area contributed by atoms with Crippen molar-refractivity contribution in [3.05, 3.63) is 34.9 Å². The van der Waals surface area contributed by atoms with Gasteiger partial charge in [0.2, 0.25) is 0 Å². The molecule has 0 unspecified atom stereocenters. The highest BCUT2D eigenvalue weighted by Crippen LogP contribution is 2.18. The molecule has 1 aliphatic carbocycles. The first-order valence-electron chi connectivity index (χ1n) is 8.06. The number of hydrogen-bond donors (Lipinski definition) is 1. The second-order valence-corrected chi connectivity index (χ2v) is 6.21. The first-order chi connectivity index (χ1) is 10.5. The van der Waals surface area contributed by atoms with Crippen molar-refractivity contribution in [3.63, 3.8) is 0 Å². The number of rotatable bonds is 4. The maximum atomic E-state index is 12.2. The van der Waals surface area contributed by atoms with E-state index in [1.165, 1.54) is 6.42 Å². The average Bonchev–Trinajstić information content (AvgIpc) is 2.47. The molecule has 1 saturated carbocycles. The number of aryl methyl sites for hydroxylation is 2. The van der Waals surface area contributed by atoms with Crippen LogP contribution in [0.1, 0.15) is 60.5 Å². The van der Waals surface area contributed by atoms with Crippen LogP contribution >= 0.6 is 0 Å². The van der Waals surface area contributed by atoms with Gasteiger partial charge in [0.05, 0.1) is 5.56 Å². The molecule has 120 valence electrons. The van der Waals surface area contributed by atoms with Gasteiger partial charge in [0.15, 0.2) is 6.10 Å². The fourth-order valence-electron chi connectivity index (χ4n) is 2.89. The molecule has 22 heavy (non-hydrogen) atoms. The smallest absolute Gasteiger partial charge is 0.339 e. The standard InChI is InChI=1S/C18H25NO3/c1-12-9-10-16(13(2)11-12)18(21)22-14(3)17(20)19-15-7-5-4-6-8-15/h9-11,14-15H,4-8H2,1-3H3,(H,19,20)/t14-/m1/s1. The molecule has 0 spiro atoms. The van der Waals surface area contributed by atoms with Gasteiger partial charge in [0, 0.05) is 6.04 Å². The van der Waals surface area contributed by atoms with Crippen LogP contribution in [0.2, 0.25) is 0 Å². The van der Waals surface area contributed by atoms with E-state index in [-0.39, 0.29) is 11.9 Å². The predicted octanol–water partition coefficient (Wildman–Crippen LogP) is 3.30. The number of carbonyl (C=O) groups excluding carboxylic acids is 2. The van der Waals surface area contributed by atoms with Crippen molar-refractivity contribution in [3.8, 4) is 0 Å². The number of hydrogen-bond acceptors (Lipinski definition) is 3. The molecule has 4 nitrogen and oxygen atoms in total. The topological polar surface area (TPSA) is 55.4 Å². The van der Waals surface area contributed by atoms with Crippen LogP contribution in [0.5, 0.6) is 0 Å². The van der Waals surface area contributed by atoms with E-state index in [1.54, 1.807) is 13.0 Å². The van der Waals surface area contributed by atoms with Gasteiger partial charge in [-0.1, -0.05) is 37.0 Å². The number of amides is 1. The van der Waals surface area contributed by atoms with Crippen LogP contribution in [0, 0.1) is 13.8 Å². The minimum atomic E-state index is -0.768. The quantitative estimate of drug-likeness (QED) is 0.868. The second-order valence-electron chi connectivity index (χ2n) is 6.21. The zero-order valence-electron chi connectivity index (χ0n) is 13.6.